The summed E-state index contributed by atoms with van der Waals surface area (Å²) in [6.07, 6.45) is 7.75. The largest absolute Gasteiger partial charge is 0.296 e. The van der Waals surface area contributed by atoms with Gasteiger partial charge in [0.1, 0.15) is 0 Å². The van der Waals surface area contributed by atoms with E-state index in [4.69, 9.17) is 0 Å². The Labute approximate surface area is 102 Å². The molecule has 0 atom stereocenters. The van der Waals surface area contributed by atoms with Crippen molar-refractivity contribution in [1.29, 1.82) is 0 Å². The van der Waals surface area contributed by atoms with Crippen molar-refractivity contribution >= 4 is 0 Å². The highest BCUT2D eigenvalue weighted by atomic mass is 16.1. The predicted octanol–water partition coefficient (Wildman–Crippen LogP) is 2.02. The van der Waals surface area contributed by atoms with Gasteiger partial charge in [-0.2, -0.15) is 0 Å². The first-order valence-corrected chi connectivity index (χ1v) is 6.76. The zero-order valence-electron chi connectivity index (χ0n) is 10.5. The Bertz CT molecular complexity index is 452. The molecular formula is C13H21N3O. The van der Waals surface area contributed by atoms with Crippen molar-refractivity contribution in [2.75, 3.05) is 7.05 Å². The SMILES string of the molecule is CN1Cc2c(n(C3CCCCCC3)[nH]c2=O)C1. The van der Waals surface area contributed by atoms with Crippen molar-refractivity contribution in [2.24, 2.45) is 0 Å². The lowest BCUT2D eigenvalue weighted by Crippen LogP contribution is -2.19. The van der Waals surface area contributed by atoms with Gasteiger partial charge in [-0.3, -0.25) is 19.5 Å². The molecule has 0 amide bonds. The minimum Gasteiger partial charge on any atom is -0.296 e. The first-order chi connectivity index (χ1) is 8.25. The van der Waals surface area contributed by atoms with Crippen molar-refractivity contribution in [3.8, 4) is 0 Å². The fourth-order valence-corrected chi connectivity index (χ4v) is 3.26. The number of aromatic nitrogens is 2. The normalized spacial score (nSPS) is 22.6. The molecule has 1 N–H and O–H groups in total. The molecule has 2 aliphatic rings. The number of rotatable bonds is 1. The minimum absolute atomic E-state index is 0.133. The van der Waals surface area contributed by atoms with Gasteiger partial charge in [-0.05, 0) is 19.9 Å². The molecule has 4 heteroatoms. The molecule has 1 fully saturated rings. The van der Waals surface area contributed by atoms with E-state index in [0.717, 1.165) is 18.7 Å². The first-order valence-electron chi connectivity index (χ1n) is 6.76. The molecule has 0 bridgehead atoms. The molecule has 0 aromatic carbocycles. The zero-order chi connectivity index (χ0) is 11.8. The quantitative estimate of drug-likeness (QED) is 0.757. The molecule has 3 rings (SSSR count). The van der Waals surface area contributed by atoms with Gasteiger partial charge in [-0.25, -0.2) is 0 Å². The summed E-state index contributed by atoms with van der Waals surface area (Å²) in [5.41, 5.74) is 2.37. The van der Waals surface area contributed by atoms with Crippen LogP contribution in [0.3, 0.4) is 0 Å². The van der Waals surface area contributed by atoms with Crippen molar-refractivity contribution < 1.29 is 0 Å². The number of nitrogens with one attached hydrogen (secondary N) is 1. The fraction of sp³-hybridized carbons (Fsp3) is 0.769. The minimum atomic E-state index is 0.133. The first kappa shape index (κ1) is 11.1. The molecule has 1 saturated carbocycles. The molecule has 1 aromatic heterocycles. The van der Waals surface area contributed by atoms with Crippen LogP contribution in [-0.2, 0) is 13.1 Å². The van der Waals surface area contributed by atoms with E-state index >= 15 is 0 Å². The van der Waals surface area contributed by atoms with Crippen molar-refractivity contribution in [2.45, 2.75) is 57.7 Å². The van der Waals surface area contributed by atoms with Gasteiger partial charge >= 0.3 is 0 Å². The molecular weight excluding hydrogens is 214 g/mol. The number of fused-ring (bicyclic) bond motifs is 1. The van der Waals surface area contributed by atoms with E-state index in [2.05, 4.69) is 21.7 Å². The second kappa shape index (κ2) is 4.33. The second-order valence-electron chi connectivity index (χ2n) is 5.55. The van der Waals surface area contributed by atoms with Gasteiger partial charge in [-0.15, -0.1) is 0 Å². The summed E-state index contributed by atoms with van der Waals surface area (Å²) < 4.78 is 2.19. The standard InChI is InChI=1S/C13H21N3O/c1-15-8-11-12(9-15)16(14-13(11)17)10-6-4-2-3-5-7-10/h10H,2-9H2,1H3,(H,14,17). The number of hydrogen-bond acceptors (Lipinski definition) is 2. The third kappa shape index (κ3) is 1.95. The van der Waals surface area contributed by atoms with Crippen LogP contribution in [0.1, 0.15) is 55.8 Å². The van der Waals surface area contributed by atoms with E-state index in [1.54, 1.807) is 0 Å². The smallest absolute Gasteiger partial charge is 0.268 e. The Morgan fingerprint density at radius 2 is 1.82 bits per heavy atom. The van der Waals surface area contributed by atoms with Gasteiger partial charge in [0.05, 0.1) is 17.3 Å². The Kier molecular flexibility index (Phi) is 2.82. The molecule has 1 aliphatic heterocycles. The molecule has 0 spiro atoms. The predicted molar refractivity (Wildman–Crippen MR) is 67.0 cm³/mol. The number of nitrogens with zero attached hydrogens (tertiary/aromatic N) is 2. The van der Waals surface area contributed by atoms with Crippen molar-refractivity contribution in [3.05, 3.63) is 21.6 Å². The Morgan fingerprint density at radius 3 is 2.53 bits per heavy atom. The summed E-state index contributed by atoms with van der Waals surface area (Å²) in [6, 6.07) is 0.528. The Balaban J connectivity index is 1.93. The van der Waals surface area contributed by atoms with E-state index in [9.17, 15) is 4.79 Å². The molecule has 2 heterocycles. The van der Waals surface area contributed by atoms with Gasteiger partial charge in [0.15, 0.2) is 0 Å². The van der Waals surface area contributed by atoms with E-state index in [-0.39, 0.29) is 5.56 Å². The van der Waals surface area contributed by atoms with Gasteiger partial charge < -0.3 is 0 Å². The summed E-state index contributed by atoms with van der Waals surface area (Å²) in [5.74, 6) is 0. The molecule has 17 heavy (non-hydrogen) atoms. The monoisotopic (exact) mass is 235 g/mol. The summed E-state index contributed by atoms with van der Waals surface area (Å²) in [6.45, 7) is 1.73. The Hall–Kier alpha value is -1.03. The third-order valence-electron chi connectivity index (χ3n) is 4.17. The summed E-state index contributed by atoms with van der Waals surface area (Å²) >= 11 is 0. The maximum Gasteiger partial charge on any atom is 0.268 e. The second-order valence-corrected chi connectivity index (χ2v) is 5.55. The van der Waals surface area contributed by atoms with Crippen LogP contribution in [0.4, 0.5) is 0 Å². The van der Waals surface area contributed by atoms with Gasteiger partial charge in [0.2, 0.25) is 0 Å². The van der Waals surface area contributed by atoms with Gasteiger partial charge in [-0.1, -0.05) is 25.7 Å². The van der Waals surface area contributed by atoms with Gasteiger partial charge in [0, 0.05) is 13.1 Å². The molecule has 1 aliphatic carbocycles. The maximum atomic E-state index is 11.9. The molecule has 0 unspecified atom stereocenters. The lowest BCUT2D eigenvalue weighted by atomic mass is 10.1. The highest BCUT2D eigenvalue weighted by molar-refractivity contribution is 5.22. The third-order valence-corrected chi connectivity index (χ3v) is 4.17. The average Bonchev–Trinajstić information content (AvgIpc) is 2.69. The summed E-state index contributed by atoms with van der Waals surface area (Å²) in [5, 5.41) is 3.07. The van der Waals surface area contributed by atoms with Crippen molar-refractivity contribution in [1.82, 2.24) is 14.7 Å². The molecule has 0 radical (unpaired) electrons. The van der Waals surface area contributed by atoms with Crippen LogP contribution < -0.4 is 5.56 Å². The molecule has 1 aromatic rings. The number of hydrogen-bond donors (Lipinski definition) is 1. The van der Waals surface area contributed by atoms with Crippen LogP contribution in [0.15, 0.2) is 4.79 Å². The van der Waals surface area contributed by atoms with Crippen molar-refractivity contribution in [3.63, 3.8) is 0 Å². The lowest BCUT2D eigenvalue weighted by molar-refractivity contribution is 0.323. The number of H-pyrrole nitrogens is 1. The van der Waals surface area contributed by atoms with E-state index in [1.165, 1.54) is 44.2 Å². The zero-order valence-corrected chi connectivity index (χ0v) is 10.5. The van der Waals surface area contributed by atoms with Crippen LogP contribution in [0.25, 0.3) is 0 Å². The summed E-state index contributed by atoms with van der Waals surface area (Å²) in [4.78, 5) is 14.1. The fourth-order valence-electron chi connectivity index (χ4n) is 3.26. The molecule has 4 nitrogen and oxygen atoms in total. The van der Waals surface area contributed by atoms with Crippen LogP contribution in [0.2, 0.25) is 0 Å². The Morgan fingerprint density at radius 1 is 1.12 bits per heavy atom. The van der Waals surface area contributed by atoms with E-state index in [0.29, 0.717) is 6.04 Å². The molecule has 94 valence electrons. The lowest BCUT2D eigenvalue weighted by Gasteiger charge is -2.19. The number of aromatic amines is 1. The highest BCUT2D eigenvalue weighted by Crippen LogP contribution is 2.29. The van der Waals surface area contributed by atoms with Crippen LogP contribution in [-0.4, -0.2) is 21.7 Å². The van der Waals surface area contributed by atoms with Gasteiger partial charge in [0.25, 0.3) is 5.56 Å². The summed E-state index contributed by atoms with van der Waals surface area (Å²) in [7, 11) is 2.08. The average molecular weight is 235 g/mol. The van der Waals surface area contributed by atoms with Crippen LogP contribution in [0, 0.1) is 0 Å². The highest BCUT2D eigenvalue weighted by Gasteiger charge is 2.27. The van der Waals surface area contributed by atoms with E-state index in [1.807, 2.05) is 0 Å². The maximum absolute atomic E-state index is 11.9. The topological polar surface area (TPSA) is 41.0 Å². The van der Waals surface area contributed by atoms with Crippen LogP contribution >= 0.6 is 0 Å². The van der Waals surface area contributed by atoms with Crippen LogP contribution in [0.5, 0.6) is 0 Å². The van der Waals surface area contributed by atoms with E-state index < -0.39 is 0 Å². The molecule has 0 saturated heterocycles.